The van der Waals surface area contributed by atoms with Gasteiger partial charge in [0.1, 0.15) is 0 Å². The molecule has 0 saturated carbocycles. The number of carbonyl (C=O) groups is 1. The predicted octanol–water partition coefficient (Wildman–Crippen LogP) is 2.32. The van der Waals surface area contributed by atoms with E-state index in [-0.39, 0.29) is 11.9 Å². The van der Waals surface area contributed by atoms with E-state index in [2.05, 4.69) is 17.6 Å². The van der Waals surface area contributed by atoms with E-state index < -0.39 is 0 Å². The molecule has 1 unspecified atom stereocenters. The molecule has 0 aliphatic rings. The standard InChI is InChI=1S/C13H20N2O/c1-4-11(3)15-13(16)9-14-12-7-5-6-10(2)8-12/h5-8,11,14H,4,9H2,1-3H3,(H,15,16). The van der Waals surface area contributed by atoms with Gasteiger partial charge in [-0.15, -0.1) is 0 Å². The third-order valence-electron chi connectivity index (χ3n) is 2.49. The Morgan fingerprint density at radius 3 is 2.81 bits per heavy atom. The molecule has 16 heavy (non-hydrogen) atoms. The summed E-state index contributed by atoms with van der Waals surface area (Å²) < 4.78 is 0. The van der Waals surface area contributed by atoms with Crippen LogP contribution in [0.1, 0.15) is 25.8 Å². The summed E-state index contributed by atoms with van der Waals surface area (Å²) in [5, 5.41) is 6.02. The maximum absolute atomic E-state index is 11.5. The minimum Gasteiger partial charge on any atom is -0.376 e. The fourth-order valence-electron chi connectivity index (χ4n) is 1.37. The maximum Gasteiger partial charge on any atom is 0.239 e. The Hall–Kier alpha value is -1.51. The second-order valence-electron chi connectivity index (χ2n) is 4.10. The van der Waals surface area contributed by atoms with Crippen LogP contribution in [-0.2, 0) is 4.79 Å². The van der Waals surface area contributed by atoms with Gasteiger partial charge < -0.3 is 10.6 Å². The summed E-state index contributed by atoms with van der Waals surface area (Å²) in [6.45, 7) is 6.42. The Morgan fingerprint density at radius 2 is 2.19 bits per heavy atom. The van der Waals surface area contributed by atoms with Crippen LogP contribution in [-0.4, -0.2) is 18.5 Å². The summed E-state index contributed by atoms with van der Waals surface area (Å²) >= 11 is 0. The highest BCUT2D eigenvalue weighted by Gasteiger charge is 2.04. The molecular formula is C13H20N2O. The second-order valence-corrected chi connectivity index (χ2v) is 4.10. The molecule has 1 atom stereocenters. The van der Waals surface area contributed by atoms with Gasteiger partial charge in [0, 0.05) is 11.7 Å². The van der Waals surface area contributed by atoms with Crippen LogP contribution in [0.5, 0.6) is 0 Å². The average molecular weight is 220 g/mol. The van der Waals surface area contributed by atoms with Gasteiger partial charge in [0.25, 0.3) is 0 Å². The normalized spacial score (nSPS) is 11.9. The molecule has 0 aromatic heterocycles. The molecule has 0 spiro atoms. The summed E-state index contributed by atoms with van der Waals surface area (Å²) in [5.41, 5.74) is 2.17. The number of aryl methyl sites for hydroxylation is 1. The zero-order chi connectivity index (χ0) is 12.0. The van der Waals surface area contributed by atoms with Crippen LogP contribution in [0.4, 0.5) is 5.69 Å². The van der Waals surface area contributed by atoms with Crippen LogP contribution < -0.4 is 10.6 Å². The van der Waals surface area contributed by atoms with Gasteiger partial charge in [-0.1, -0.05) is 19.1 Å². The zero-order valence-corrected chi connectivity index (χ0v) is 10.2. The minimum absolute atomic E-state index is 0.0378. The van der Waals surface area contributed by atoms with Crippen molar-refractivity contribution in [2.75, 3.05) is 11.9 Å². The van der Waals surface area contributed by atoms with Crippen LogP contribution in [0.25, 0.3) is 0 Å². The Kier molecular flexibility index (Phi) is 4.83. The first-order valence-corrected chi connectivity index (χ1v) is 5.71. The Labute approximate surface area is 97.2 Å². The number of hydrogen-bond donors (Lipinski definition) is 2. The largest absolute Gasteiger partial charge is 0.376 e. The number of anilines is 1. The molecule has 1 amide bonds. The Morgan fingerprint density at radius 1 is 1.44 bits per heavy atom. The van der Waals surface area contributed by atoms with Crippen molar-refractivity contribution in [1.29, 1.82) is 0 Å². The van der Waals surface area contributed by atoms with Gasteiger partial charge in [0.2, 0.25) is 5.91 Å². The van der Waals surface area contributed by atoms with Crippen molar-refractivity contribution in [3.05, 3.63) is 29.8 Å². The number of carbonyl (C=O) groups excluding carboxylic acids is 1. The topological polar surface area (TPSA) is 41.1 Å². The molecular weight excluding hydrogens is 200 g/mol. The highest BCUT2D eigenvalue weighted by molar-refractivity contribution is 5.80. The lowest BCUT2D eigenvalue weighted by atomic mass is 10.2. The lowest BCUT2D eigenvalue weighted by Crippen LogP contribution is -2.36. The molecule has 0 aliphatic carbocycles. The molecule has 0 radical (unpaired) electrons. The molecule has 0 heterocycles. The van der Waals surface area contributed by atoms with Crippen molar-refractivity contribution in [3.63, 3.8) is 0 Å². The van der Waals surface area contributed by atoms with Crippen molar-refractivity contribution in [2.24, 2.45) is 0 Å². The third-order valence-corrected chi connectivity index (χ3v) is 2.49. The number of hydrogen-bond acceptors (Lipinski definition) is 2. The summed E-state index contributed by atoms with van der Waals surface area (Å²) in [5.74, 6) is 0.0378. The molecule has 1 aromatic rings. The van der Waals surface area contributed by atoms with E-state index in [1.54, 1.807) is 0 Å². The second kappa shape index (κ2) is 6.16. The summed E-state index contributed by atoms with van der Waals surface area (Å²) in [6.07, 6.45) is 0.955. The summed E-state index contributed by atoms with van der Waals surface area (Å²) in [6, 6.07) is 8.24. The van der Waals surface area contributed by atoms with Gasteiger partial charge in [0.15, 0.2) is 0 Å². The first-order valence-electron chi connectivity index (χ1n) is 5.71. The first kappa shape index (κ1) is 12.6. The number of nitrogens with one attached hydrogen (secondary N) is 2. The summed E-state index contributed by atoms with van der Waals surface area (Å²) in [4.78, 5) is 11.5. The van der Waals surface area contributed by atoms with Crippen LogP contribution in [0.2, 0.25) is 0 Å². The Bertz CT molecular complexity index is 350. The molecule has 0 bridgehead atoms. The number of rotatable bonds is 5. The molecule has 1 rings (SSSR count). The van der Waals surface area contributed by atoms with Crippen molar-refractivity contribution in [1.82, 2.24) is 5.32 Å². The zero-order valence-electron chi connectivity index (χ0n) is 10.2. The fraction of sp³-hybridized carbons (Fsp3) is 0.462. The molecule has 0 fully saturated rings. The van der Waals surface area contributed by atoms with E-state index in [0.29, 0.717) is 6.54 Å². The van der Waals surface area contributed by atoms with E-state index in [1.807, 2.05) is 38.1 Å². The number of amides is 1. The maximum atomic E-state index is 11.5. The average Bonchev–Trinajstić information content (AvgIpc) is 2.26. The van der Waals surface area contributed by atoms with E-state index in [0.717, 1.165) is 12.1 Å². The van der Waals surface area contributed by atoms with Crippen molar-refractivity contribution in [2.45, 2.75) is 33.2 Å². The molecule has 1 aromatic carbocycles. The van der Waals surface area contributed by atoms with Gasteiger partial charge in [-0.2, -0.15) is 0 Å². The van der Waals surface area contributed by atoms with Crippen molar-refractivity contribution in [3.8, 4) is 0 Å². The Balaban J connectivity index is 2.37. The van der Waals surface area contributed by atoms with Gasteiger partial charge in [-0.05, 0) is 38.0 Å². The van der Waals surface area contributed by atoms with E-state index in [4.69, 9.17) is 0 Å². The third kappa shape index (κ3) is 4.34. The fourth-order valence-corrected chi connectivity index (χ4v) is 1.37. The summed E-state index contributed by atoms with van der Waals surface area (Å²) in [7, 11) is 0. The van der Waals surface area contributed by atoms with Gasteiger partial charge in [-0.25, -0.2) is 0 Å². The smallest absolute Gasteiger partial charge is 0.239 e. The molecule has 88 valence electrons. The van der Waals surface area contributed by atoms with Crippen LogP contribution in [0.15, 0.2) is 24.3 Å². The van der Waals surface area contributed by atoms with Gasteiger partial charge in [0.05, 0.1) is 6.54 Å². The predicted molar refractivity (Wildman–Crippen MR) is 67.6 cm³/mol. The minimum atomic E-state index is 0.0378. The van der Waals surface area contributed by atoms with Crippen LogP contribution >= 0.6 is 0 Å². The number of benzene rings is 1. The van der Waals surface area contributed by atoms with Gasteiger partial charge in [-0.3, -0.25) is 4.79 Å². The molecule has 0 saturated heterocycles. The first-order chi connectivity index (χ1) is 7.61. The lowest BCUT2D eigenvalue weighted by molar-refractivity contribution is -0.120. The van der Waals surface area contributed by atoms with Crippen molar-refractivity contribution >= 4 is 11.6 Å². The van der Waals surface area contributed by atoms with Gasteiger partial charge >= 0.3 is 0 Å². The lowest BCUT2D eigenvalue weighted by Gasteiger charge is -2.12. The van der Waals surface area contributed by atoms with Crippen LogP contribution in [0, 0.1) is 6.92 Å². The van der Waals surface area contributed by atoms with E-state index in [1.165, 1.54) is 5.56 Å². The molecule has 3 heteroatoms. The molecule has 3 nitrogen and oxygen atoms in total. The van der Waals surface area contributed by atoms with E-state index in [9.17, 15) is 4.79 Å². The van der Waals surface area contributed by atoms with E-state index >= 15 is 0 Å². The highest BCUT2D eigenvalue weighted by atomic mass is 16.1. The quantitative estimate of drug-likeness (QED) is 0.799. The van der Waals surface area contributed by atoms with Crippen molar-refractivity contribution < 1.29 is 4.79 Å². The SMILES string of the molecule is CCC(C)NC(=O)CNc1cccc(C)c1. The molecule has 2 N–H and O–H groups in total. The highest BCUT2D eigenvalue weighted by Crippen LogP contribution is 2.08. The van der Waals surface area contributed by atoms with Crippen LogP contribution in [0.3, 0.4) is 0 Å². The monoisotopic (exact) mass is 220 g/mol. The molecule has 0 aliphatic heterocycles.